The van der Waals surface area contributed by atoms with Gasteiger partial charge in [-0.05, 0) is 42.8 Å². The Hall–Kier alpha value is -2.17. The highest BCUT2D eigenvalue weighted by atomic mass is 35.5. The van der Waals surface area contributed by atoms with E-state index >= 15 is 0 Å². The lowest BCUT2D eigenvalue weighted by atomic mass is 10.1. The van der Waals surface area contributed by atoms with Crippen LogP contribution in [0.3, 0.4) is 0 Å². The van der Waals surface area contributed by atoms with Crippen LogP contribution in [0.5, 0.6) is 11.5 Å². The van der Waals surface area contributed by atoms with Gasteiger partial charge in [-0.2, -0.15) is 5.10 Å². The van der Waals surface area contributed by atoms with Crippen molar-refractivity contribution in [3.63, 3.8) is 0 Å². The molecule has 0 saturated carbocycles. The number of aromatic nitrogens is 2. The summed E-state index contributed by atoms with van der Waals surface area (Å²) in [5.74, 6) is 0.776. The van der Waals surface area contributed by atoms with E-state index in [1.807, 2.05) is 12.1 Å². The third kappa shape index (κ3) is 3.28. The Morgan fingerprint density at radius 2 is 1.96 bits per heavy atom. The number of H-pyrrole nitrogens is 1. The molecule has 0 unspecified atom stereocenters. The summed E-state index contributed by atoms with van der Waals surface area (Å²) in [6, 6.07) is 10.8. The van der Waals surface area contributed by atoms with Crippen LogP contribution in [-0.4, -0.2) is 15.3 Å². The fourth-order valence-corrected chi connectivity index (χ4v) is 2.57. The maximum absolute atomic E-state index is 10.4. The number of phenolic OH excluding ortho intramolecular Hbond substituents is 1. The van der Waals surface area contributed by atoms with E-state index in [0.717, 1.165) is 11.3 Å². The Kier molecular flexibility index (Phi) is 4.46. The Morgan fingerprint density at radius 3 is 2.65 bits per heavy atom. The van der Waals surface area contributed by atoms with Crippen LogP contribution in [0.25, 0.3) is 11.3 Å². The number of phenols is 1. The number of rotatable bonds is 4. The van der Waals surface area contributed by atoms with Gasteiger partial charge in [0.25, 0.3) is 0 Å². The van der Waals surface area contributed by atoms with Crippen molar-refractivity contribution in [3.8, 4) is 22.8 Å². The summed E-state index contributed by atoms with van der Waals surface area (Å²) in [6.45, 7) is 2.14. The molecule has 0 fully saturated rings. The highest BCUT2D eigenvalue weighted by Crippen LogP contribution is 2.36. The van der Waals surface area contributed by atoms with E-state index in [0.29, 0.717) is 33.5 Å². The first-order valence-corrected chi connectivity index (χ1v) is 7.71. The lowest BCUT2D eigenvalue weighted by Crippen LogP contribution is -1.98. The summed E-state index contributed by atoms with van der Waals surface area (Å²) < 4.78 is 5.78. The van der Waals surface area contributed by atoms with Gasteiger partial charge in [-0.1, -0.05) is 29.3 Å². The van der Waals surface area contributed by atoms with Crippen molar-refractivity contribution in [1.82, 2.24) is 10.2 Å². The predicted octanol–water partition coefficient (Wildman–Crippen LogP) is 4.98. The molecule has 0 aliphatic heterocycles. The van der Waals surface area contributed by atoms with Crippen LogP contribution < -0.4 is 4.74 Å². The molecule has 0 spiro atoms. The molecule has 23 heavy (non-hydrogen) atoms. The van der Waals surface area contributed by atoms with E-state index in [1.165, 1.54) is 0 Å². The lowest BCUT2D eigenvalue weighted by molar-refractivity contribution is 0.302. The van der Waals surface area contributed by atoms with Crippen molar-refractivity contribution >= 4 is 23.2 Å². The second-order valence-corrected chi connectivity index (χ2v) is 5.91. The summed E-state index contributed by atoms with van der Waals surface area (Å²) in [5, 5.41) is 18.1. The molecule has 1 aromatic heterocycles. The molecule has 3 aromatic rings. The number of nitrogens with one attached hydrogen (secondary N) is 1. The molecule has 2 N–H and O–H groups in total. The van der Waals surface area contributed by atoms with Crippen LogP contribution in [0.15, 0.2) is 42.6 Å². The fraction of sp³-hybridized carbons (Fsp3) is 0.118. The van der Waals surface area contributed by atoms with Crippen molar-refractivity contribution in [2.45, 2.75) is 13.5 Å². The zero-order valence-corrected chi connectivity index (χ0v) is 13.8. The number of hydrogen-bond acceptors (Lipinski definition) is 3. The molecule has 0 amide bonds. The average Bonchev–Trinajstić information content (AvgIpc) is 3.06. The first-order valence-electron chi connectivity index (χ1n) is 6.95. The van der Waals surface area contributed by atoms with Crippen LogP contribution >= 0.6 is 23.2 Å². The molecule has 1 heterocycles. The second-order valence-electron chi connectivity index (χ2n) is 5.09. The monoisotopic (exact) mass is 348 g/mol. The molecule has 0 bridgehead atoms. The number of nitrogens with zero attached hydrogens (tertiary/aromatic N) is 1. The number of halogens is 2. The summed E-state index contributed by atoms with van der Waals surface area (Å²) in [6.07, 6.45) is 1.64. The van der Waals surface area contributed by atoms with Gasteiger partial charge in [0.2, 0.25) is 0 Å². The molecular formula is C17H14Cl2N2O2. The molecule has 0 aliphatic rings. The molecular weight excluding hydrogens is 335 g/mol. The summed E-state index contributed by atoms with van der Waals surface area (Å²) in [7, 11) is 0. The van der Waals surface area contributed by atoms with Gasteiger partial charge >= 0.3 is 0 Å². The Morgan fingerprint density at radius 1 is 1.13 bits per heavy atom. The van der Waals surface area contributed by atoms with Gasteiger partial charge in [0.15, 0.2) is 0 Å². The molecule has 3 rings (SSSR count). The Labute approximate surface area is 143 Å². The van der Waals surface area contributed by atoms with Crippen LogP contribution in [0.1, 0.15) is 11.1 Å². The van der Waals surface area contributed by atoms with Crippen LogP contribution in [0.2, 0.25) is 10.0 Å². The SMILES string of the molecule is Cc1c(OCc2ccc(Cl)c(Cl)c2)ccc(-c2ccn[nH]2)c1O. The molecule has 118 valence electrons. The van der Waals surface area contributed by atoms with E-state index in [2.05, 4.69) is 10.2 Å². The number of hydrogen-bond donors (Lipinski definition) is 2. The third-order valence-corrected chi connectivity index (χ3v) is 4.29. The lowest BCUT2D eigenvalue weighted by Gasteiger charge is -2.13. The summed E-state index contributed by atoms with van der Waals surface area (Å²) in [4.78, 5) is 0. The van der Waals surface area contributed by atoms with Gasteiger partial charge in [-0.25, -0.2) is 0 Å². The van der Waals surface area contributed by atoms with E-state index in [1.54, 1.807) is 37.4 Å². The number of aromatic amines is 1. The topological polar surface area (TPSA) is 58.1 Å². The second kappa shape index (κ2) is 6.52. The van der Waals surface area contributed by atoms with Crippen molar-refractivity contribution in [2.24, 2.45) is 0 Å². The van der Waals surface area contributed by atoms with E-state index in [-0.39, 0.29) is 5.75 Å². The number of aromatic hydroxyl groups is 1. The number of benzene rings is 2. The van der Waals surface area contributed by atoms with E-state index in [4.69, 9.17) is 27.9 Å². The van der Waals surface area contributed by atoms with Crippen molar-refractivity contribution < 1.29 is 9.84 Å². The number of ether oxygens (including phenoxy) is 1. The average molecular weight is 349 g/mol. The maximum atomic E-state index is 10.4. The molecule has 4 nitrogen and oxygen atoms in total. The first kappa shape index (κ1) is 15.7. The predicted molar refractivity (Wildman–Crippen MR) is 91.2 cm³/mol. The highest BCUT2D eigenvalue weighted by Gasteiger charge is 2.12. The normalized spacial score (nSPS) is 10.7. The molecule has 2 aromatic carbocycles. The van der Waals surface area contributed by atoms with Gasteiger partial charge in [0.05, 0.1) is 15.7 Å². The quantitative estimate of drug-likeness (QED) is 0.699. The molecule has 0 saturated heterocycles. The van der Waals surface area contributed by atoms with Crippen molar-refractivity contribution in [2.75, 3.05) is 0 Å². The minimum atomic E-state index is 0.167. The Bertz CT molecular complexity index is 833. The standard InChI is InChI=1S/C17H14Cl2N2O2/c1-10-16(23-9-11-2-4-13(18)14(19)8-11)5-3-12(17(10)22)15-6-7-20-21-15/h2-8,22H,9H2,1H3,(H,20,21). The molecule has 0 radical (unpaired) electrons. The first-order chi connectivity index (χ1) is 11.1. The van der Waals surface area contributed by atoms with Gasteiger partial charge in [0.1, 0.15) is 18.1 Å². The minimum absolute atomic E-state index is 0.167. The maximum Gasteiger partial charge on any atom is 0.131 e. The molecule has 0 atom stereocenters. The van der Waals surface area contributed by atoms with E-state index < -0.39 is 0 Å². The molecule has 6 heteroatoms. The highest BCUT2D eigenvalue weighted by molar-refractivity contribution is 6.42. The van der Waals surface area contributed by atoms with Crippen molar-refractivity contribution in [3.05, 3.63) is 63.8 Å². The zero-order chi connectivity index (χ0) is 16.4. The Balaban J connectivity index is 1.81. The van der Waals surface area contributed by atoms with Gasteiger partial charge in [-0.15, -0.1) is 0 Å². The third-order valence-electron chi connectivity index (χ3n) is 3.55. The zero-order valence-electron chi connectivity index (χ0n) is 12.3. The largest absolute Gasteiger partial charge is 0.507 e. The smallest absolute Gasteiger partial charge is 0.131 e. The van der Waals surface area contributed by atoms with Gasteiger partial charge in [0, 0.05) is 17.3 Å². The summed E-state index contributed by atoms with van der Waals surface area (Å²) in [5.41, 5.74) is 3.00. The minimum Gasteiger partial charge on any atom is -0.507 e. The van der Waals surface area contributed by atoms with Gasteiger partial charge < -0.3 is 9.84 Å². The van der Waals surface area contributed by atoms with Crippen molar-refractivity contribution in [1.29, 1.82) is 0 Å². The van der Waals surface area contributed by atoms with E-state index in [9.17, 15) is 5.11 Å². The van der Waals surface area contributed by atoms with Crippen LogP contribution in [0.4, 0.5) is 0 Å². The van der Waals surface area contributed by atoms with Crippen LogP contribution in [-0.2, 0) is 6.61 Å². The van der Waals surface area contributed by atoms with Gasteiger partial charge in [-0.3, -0.25) is 5.10 Å². The molecule has 0 aliphatic carbocycles. The fourth-order valence-electron chi connectivity index (χ4n) is 2.25. The summed E-state index contributed by atoms with van der Waals surface area (Å²) >= 11 is 11.9. The van der Waals surface area contributed by atoms with Crippen LogP contribution in [0, 0.1) is 6.92 Å².